The highest BCUT2D eigenvalue weighted by Gasteiger charge is 2.30. The fourth-order valence-electron chi connectivity index (χ4n) is 1.99. The summed E-state index contributed by atoms with van der Waals surface area (Å²) in [4.78, 5) is 17.2. The summed E-state index contributed by atoms with van der Waals surface area (Å²) in [7, 11) is 5.76. The molecular weight excluding hydrogens is 254 g/mol. The molecule has 6 heteroatoms. The van der Waals surface area contributed by atoms with Gasteiger partial charge in [0, 0.05) is 33.6 Å². The highest BCUT2D eigenvalue weighted by molar-refractivity contribution is 5.38. The molecule has 0 aliphatic heterocycles. The van der Waals surface area contributed by atoms with Crippen molar-refractivity contribution in [1.29, 1.82) is 0 Å². The molecule has 1 fully saturated rings. The number of likely N-dealkylation sites (N-methyl/N-ethyl adjacent to an activating group) is 1. The second kappa shape index (κ2) is 5.91. The summed E-state index contributed by atoms with van der Waals surface area (Å²) in [6, 6.07) is 0. The molecule has 1 atom stereocenters. The van der Waals surface area contributed by atoms with Crippen molar-refractivity contribution in [3.8, 4) is 0 Å². The average Bonchev–Trinajstić information content (AvgIpc) is 3.22. The normalized spacial score (nSPS) is 16.4. The van der Waals surface area contributed by atoms with E-state index in [-0.39, 0.29) is 12.0 Å². The molecular formula is C14H25N5O. The van der Waals surface area contributed by atoms with Gasteiger partial charge in [-0.25, -0.2) is 0 Å². The second-order valence-electron chi connectivity index (χ2n) is 6.13. The van der Waals surface area contributed by atoms with Gasteiger partial charge in [-0.05, 0) is 18.8 Å². The molecule has 1 heterocycles. The van der Waals surface area contributed by atoms with Crippen LogP contribution in [0.1, 0.15) is 38.4 Å². The lowest BCUT2D eigenvalue weighted by atomic mass is 10.2. The summed E-state index contributed by atoms with van der Waals surface area (Å²) in [5.74, 6) is 2.78. The van der Waals surface area contributed by atoms with Crippen molar-refractivity contribution in [2.45, 2.75) is 38.7 Å². The van der Waals surface area contributed by atoms with E-state index in [2.05, 4.69) is 28.8 Å². The van der Waals surface area contributed by atoms with Crippen LogP contribution in [-0.2, 0) is 0 Å². The molecule has 6 nitrogen and oxygen atoms in total. The van der Waals surface area contributed by atoms with Crippen molar-refractivity contribution in [3.63, 3.8) is 0 Å². The summed E-state index contributed by atoms with van der Waals surface area (Å²) in [5.41, 5.74) is 0. The van der Waals surface area contributed by atoms with Crippen LogP contribution in [0.5, 0.6) is 0 Å². The van der Waals surface area contributed by atoms with E-state index < -0.39 is 0 Å². The monoisotopic (exact) mass is 279 g/mol. The van der Waals surface area contributed by atoms with Crippen molar-refractivity contribution in [1.82, 2.24) is 15.0 Å². The molecule has 1 aliphatic carbocycles. The molecule has 1 unspecified atom stereocenters. The third-order valence-corrected chi connectivity index (χ3v) is 3.51. The fourth-order valence-corrected chi connectivity index (χ4v) is 1.99. The molecule has 20 heavy (non-hydrogen) atoms. The van der Waals surface area contributed by atoms with Crippen molar-refractivity contribution < 1.29 is 5.11 Å². The molecule has 0 saturated heterocycles. The maximum absolute atomic E-state index is 10.1. The van der Waals surface area contributed by atoms with Gasteiger partial charge in [0.1, 0.15) is 5.82 Å². The standard InChI is InChI=1S/C14H25N5O/c1-9(2)12-15-13(18(3)4)17-14(16-12)19(5)8-11(20)10-6-7-10/h9-11,20H,6-8H2,1-5H3. The van der Waals surface area contributed by atoms with Gasteiger partial charge in [0.15, 0.2) is 0 Å². The van der Waals surface area contributed by atoms with Gasteiger partial charge in [-0.2, -0.15) is 15.0 Å². The number of hydrogen-bond acceptors (Lipinski definition) is 6. The maximum atomic E-state index is 10.1. The average molecular weight is 279 g/mol. The number of aromatic nitrogens is 3. The van der Waals surface area contributed by atoms with E-state index in [4.69, 9.17) is 0 Å². The van der Waals surface area contributed by atoms with Gasteiger partial charge < -0.3 is 14.9 Å². The number of anilines is 2. The highest BCUT2D eigenvalue weighted by Crippen LogP contribution is 2.33. The summed E-state index contributed by atoms with van der Waals surface area (Å²) in [6.45, 7) is 4.70. The molecule has 0 radical (unpaired) electrons. The van der Waals surface area contributed by atoms with Crippen molar-refractivity contribution in [3.05, 3.63) is 5.82 Å². The first-order chi connectivity index (χ1) is 9.38. The Morgan fingerprint density at radius 3 is 2.20 bits per heavy atom. The fraction of sp³-hybridized carbons (Fsp3) is 0.786. The topological polar surface area (TPSA) is 65.4 Å². The SMILES string of the molecule is CC(C)c1nc(N(C)C)nc(N(C)CC(O)C2CC2)n1. The van der Waals surface area contributed by atoms with Gasteiger partial charge in [0.2, 0.25) is 11.9 Å². The number of aliphatic hydroxyl groups is 1. The van der Waals surface area contributed by atoms with Crippen LogP contribution in [0, 0.1) is 5.92 Å². The minimum absolute atomic E-state index is 0.247. The van der Waals surface area contributed by atoms with Crippen LogP contribution < -0.4 is 9.80 Å². The van der Waals surface area contributed by atoms with Crippen molar-refractivity contribution in [2.24, 2.45) is 5.92 Å². The molecule has 1 aromatic rings. The van der Waals surface area contributed by atoms with E-state index in [9.17, 15) is 5.11 Å². The van der Waals surface area contributed by atoms with Gasteiger partial charge in [0.25, 0.3) is 0 Å². The molecule has 1 aromatic heterocycles. The van der Waals surface area contributed by atoms with Crippen LogP contribution in [0.2, 0.25) is 0 Å². The lowest BCUT2D eigenvalue weighted by molar-refractivity contribution is 0.158. The zero-order chi connectivity index (χ0) is 14.9. The second-order valence-corrected chi connectivity index (χ2v) is 6.13. The Balaban J connectivity index is 2.19. The lowest BCUT2D eigenvalue weighted by Gasteiger charge is -2.22. The first kappa shape index (κ1) is 15.0. The predicted molar refractivity (Wildman–Crippen MR) is 80.2 cm³/mol. The lowest BCUT2D eigenvalue weighted by Crippen LogP contribution is -2.32. The predicted octanol–water partition coefficient (Wildman–Crippen LogP) is 1.27. The Morgan fingerprint density at radius 1 is 1.10 bits per heavy atom. The van der Waals surface area contributed by atoms with E-state index in [1.54, 1.807) is 0 Å². The van der Waals surface area contributed by atoms with Crippen LogP contribution in [0.15, 0.2) is 0 Å². The Bertz CT molecular complexity index is 433. The van der Waals surface area contributed by atoms with Crippen LogP contribution in [0.4, 0.5) is 11.9 Å². The largest absolute Gasteiger partial charge is 0.391 e. The number of aliphatic hydroxyl groups excluding tert-OH is 1. The zero-order valence-corrected chi connectivity index (χ0v) is 13.0. The number of hydrogen-bond donors (Lipinski definition) is 1. The molecule has 1 N–H and O–H groups in total. The van der Waals surface area contributed by atoms with E-state index in [1.807, 2.05) is 30.9 Å². The van der Waals surface area contributed by atoms with Crippen LogP contribution in [0.3, 0.4) is 0 Å². The van der Waals surface area contributed by atoms with Gasteiger partial charge in [-0.1, -0.05) is 13.8 Å². The van der Waals surface area contributed by atoms with Crippen LogP contribution in [-0.4, -0.2) is 53.9 Å². The molecule has 2 rings (SSSR count). The quantitative estimate of drug-likeness (QED) is 0.846. The summed E-state index contributed by atoms with van der Waals surface area (Å²) >= 11 is 0. The van der Waals surface area contributed by atoms with E-state index >= 15 is 0 Å². The molecule has 1 saturated carbocycles. The molecule has 0 aromatic carbocycles. The third-order valence-electron chi connectivity index (χ3n) is 3.51. The van der Waals surface area contributed by atoms with Crippen LogP contribution >= 0.6 is 0 Å². The summed E-state index contributed by atoms with van der Waals surface area (Å²) in [6.07, 6.45) is 1.97. The van der Waals surface area contributed by atoms with E-state index in [0.717, 1.165) is 18.7 Å². The van der Waals surface area contributed by atoms with Crippen molar-refractivity contribution >= 4 is 11.9 Å². The molecule has 0 bridgehead atoms. The first-order valence-corrected chi connectivity index (χ1v) is 7.21. The third kappa shape index (κ3) is 3.56. The van der Waals surface area contributed by atoms with Crippen molar-refractivity contribution in [2.75, 3.05) is 37.5 Å². The Morgan fingerprint density at radius 2 is 1.70 bits per heavy atom. The highest BCUT2D eigenvalue weighted by atomic mass is 16.3. The van der Waals surface area contributed by atoms with E-state index in [1.165, 1.54) is 0 Å². The summed E-state index contributed by atoms with van der Waals surface area (Å²) < 4.78 is 0. The van der Waals surface area contributed by atoms with Gasteiger partial charge in [-0.3, -0.25) is 0 Å². The zero-order valence-electron chi connectivity index (χ0n) is 13.0. The Labute approximate surface area is 120 Å². The maximum Gasteiger partial charge on any atom is 0.230 e. The van der Waals surface area contributed by atoms with Gasteiger partial charge in [0.05, 0.1) is 6.10 Å². The van der Waals surface area contributed by atoms with E-state index in [0.29, 0.717) is 24.4 Å². The smallest absolute Gasteiger partial charge is 0.230 e. The minimum atomic E-state index is -0.290. The Hall–Kier alpha value is -1.43. The molecule has 0 spiro atoms. The van der Waals surface area contributed by atoms with Gasteiger partial charge >= 0.3 is 0 Å². The molecule has 112 valence electrons. The Kier molecular flexibility index (Phi) is 4.42. The minimum Gasteiger partial charge on any atom is -0.391 e. The molecule has 1 aliphatic rings. The first-order valence-electron chi connectivity index (χ1n) is 7.21. The summed E-state index contributed by atoms with van der Waals surface area (Å²) in [5, 5.41) is 10.1. The van der Waals surface area contributed by atoms with Crippen LogP contribution in [0.25, 0.3) is 0 Å². The number of rotatable bonds is 6. The number of nitrogens with zero attached hydrogens (tertiary/aromatic N) is 5. The van der Waals surface area contributed by atoms with Gasteiger partial charge in [-0.15, -0.1) is 0 Å². The molecule has 0 amide bonds.